The number of hydrogen-bond donors (Lipinski definition) is 0. The van der Waals surface area contributed by atoms with Gasteiger partial charge in [-0.25, -0.2) is 0 Å². The Morgan fingerprint density at radius 3 is 3.13 bits per heavy atom. The Balaban J connectivity index is 2.37. The van der Waals surface area contributed by atoms with Crippen molar-refractivity contribution in [2.45, 2.75) is 25.4 Å². The minimum Gasteiger partial charge on any atom is -0.260 e. The molecule has 0 radical (unpaired) electrons. The third-order valence-electron chi connectivity index (χ3n) is 3.06. The summed E-state index contributed by atoms with van der Waals surface area (Å²) >= 11 is 0. The van der Waals surface area contributed by atoms with E-state index in [1.165, 1.54) is 24.1 Å². The Labute approximate surface area is 99.2 Å². The van der Waals surface area contributed by atoms with Gasteiger partial charge < -0.3 is 0 Å². The summed E-state index contributed by atoms with van der Waals surface area (Å²) in [6, 6.07) is 4.32. The second-order valence-corrected chi connectivity index (χ2v) is 13.5. The maximum atomic E-state index is 4.62. The SMILES string of the molecule is C[C@H]1CCc2cccnc2[C@H]1P(P)PP. The van der Waals surface area contributed by atoms with Crippen LogP contribution in [0.4, 0.5) is 0 Å². The first-order valence-corrected chi connectivity index (χ1v) is 11.9. The molecule has 0 saturated heterocycles. The van der Waals surface area contributed by atoms with Gasteiger partial charge >= 0.3 is 0 Å². The molecule has 1 heterocycles. The number of aryl methyl sites for hydroxylation is 1. The van der Waals surface area contributed by atoms with E-state index in [4.69, 9.17) is 0 Å². The highest BCUT2D eigenvalue weighted by atomic mass is 32.6. The first-order chi connectivity index (χ1) is 7.24. The molecule has 1 aliphatic carbocycles. The lowest BCUT2D eigenvalue weighted by atomic mass is 9.88. The van der Waals surface area contributed by atoms with E-state index in [0.717, 1.165) is 13.9 Å². The van der Waals surface area contributed by atoms with Crippen LogP contribution >= 0.6 is 33.1 Å². The van der Waals surface area contributed by atoms with E-state index in [1.807, 2.05) is 6.20 Å². The first-order valence-electron chi connectivity index (χ1n) is 5.18. The zero-order chi connectivity index (χ0) is 10.8. The van der Waals surface area contributed by atoms with E-state index in [0.29, 0.717) is 5.66 Å². The van der Waals surface area contributed by atoms with Gasteiger partial charge in [0.2, 0.25) is 0 Å². The van der Waals surface area contributed by atoms with Crippen LogP contribution in [-0.2, 0) is 6.42 Å². The smallest absolute Gasteiger partial charge is 0.0518 e. The van der Waals surface area contributed by atoms with Gasteiger partial charge in [0.1, 0.15) is 0 Å². The summed E-state index contributed by atoms with van der Waals surface area (Å²) in [5.41, 5.74) is 3.57. The zero-order valence-electron chi connectivity index (χ0n) is 8.85. The summed E-state index contributed by atoms with van der Waals surface area (Å²) in [6.07, 6.45) is 4.49. The number of hydrogen-bond acceptors (Lipinski definition) is 1. The average molecular weight is 275 g/mol. The molecule has 1 aromatic rings. The summed E-state index contributed by atoms with van der Waals surface area (Å²) in [4.78, 5) is 4.62. The molecule has 6 atom stereocenters. The van der Waals surface area contributed by atoms with Crippen molar-refractivity contribution in [3.8, 4) is 0 Å². The minimum absolute atomic E-state index is 0.0224. The third-order valence-corrected chi connectivity index (χ3v) is 14.1. The van der Waals surface area contributed by atoms with E-state index >= 15 is 0 Å². The number of aromatic nitrogens is 1. The highest BCUT2D eigenvalue weighted by Gasteiger charge is 2.31. The molecule has 0 fully saturated rings. The van der Waals surface area contributed by atoms with Crippen LogP contribution in [0.3, 0.4) is 0 Å². The lowest BCUT2D eigenvalue weighted by molar-refractivity contribution is 0.480. The van der Waals surface area contributed by atoms with Crippen LogP contribution < -0.4 is 0 Å². The minimum atomic E-state index is 0.0224. The number of pyridine rings is 1. The maximum absolute atomic E-state index is 4.62. The van der Waals surface area contributed by atoms with Gasteiger partial charge in [-0.05, 0) is 30.4 Å². The lowest BCUT2D eigenvalue weighted by Crippen LogP contribution is -2.17. The van der Waals surface area contributed by atoms with Gasteiger partial charge in [0.15, 0.2) is 0 Å². The normalized spacial score (nSPS) is 27.9. The van der Waals surface area contributed by atoms with Gasteiger partial charge in [-0.3, -0.25) is 4.98 Å². The molecule has 0 aromatic carbocycles. The molecule has 1 nitrogen and oxygen atoms in total. The molecule has 4 unspecified atom stereocenters. The summed E-state index contributed by atoms with van der Waals surface area (Å²) in [7, 11) is 6.96. The molecule has 0 saturated carbocycles. The molecular formula is C10H17NP4. The molecule has 0 spiro atoms. The molecule has 1 aromatic heterocycles. The van der Waals surface area contributed by atoms with Crippen LogP contribution in [-0.4, -0.2) is 4.98 Å². The second-order valence-electron chi connectivity index (χ2n) is 4.04. The van der Waals surface area contributed by atoms with Crippen LogP contribution in [0.2, 0.25) is 0 Å². The van der Waals surface area contributed by atoms with E-state index < -0.39 is 0 Å². The van der Waals surface area contributed by atoms with Crippen molar-refractivity contribution >= 4 is 33.1 Å². The van der Waals surface area contributed by atoms with Gasteiger partial charge in [0, 0.05) is 11.9 Å². The molecule has 15 heavy (non-hydrogen) atoms. The molecule has 0 amide bonds. The lowest BCUT2D eigenvalue weighted by Gasteiger charge is -2.33. The highest BCUT2D eigenvalue weighted by molar-refractivity contribution is 8.61. The van der Waals surface area contributed by atoms with Gasteiger partial charge in [-0.2, -0.15) is 0 Å². The monoisotopic (exact) mass is 275 g/mol. The van der Waals surface area contributed by atoms with Gasteiger partial charge in [-0.15, -0.1) is 17.9 Å². The van der Waals surface area contributed by atoms with Crippen molar-refractivity contribution in [2.24, 2.45) is 5.92 Å². The van der Waals surface area contributed by atoms with Crippen molar-refractivity contribution in [1.29, 1.82) is 0 Å². The van der Waals surface area contributed by atoms with Crippen LogP contribution in [0.15, 0.2) is 18.3 Å². The molecule has 0 aliphatic heterocycles. The molecule has 1 aliphatic rings. The number of fused-ring (bicyclic) bond motifs is 1. The van der Waals surface area contributed by atoms with E-state index in [2.05, 4.69) is 41.9 Å². The summed E-state index contributed by atoms with van der Waals surface area (Å²) in [6.45, 7) is 2.38. The molecule has 82 valence electrons. The van der Waals surface area contributed by atoms with E-state index in [9.17, 15) is 0 Å². The van der Waals surface area contributed by atoms with Gasteiger partial charge in [0.05, 0.1) is 5.69 Å². The highest BCUT2D eigenvalue weighted by Crippen LogP contribution is 2.76. The van der Waals surface area contributed by atoms with Crippen LogP contribution in [0.25, 0.3) is 0 Å². The largest absolute Gasteiger partial charge is 0.260 e. The maximum Gasteiger partial charge on any atom is 0.0518 e. The fourth-order valence-electron chi connectivity index (χ4n) is 2.23. The van der Waals surface area contributed by atoms with Gasteiger partial charge in [0.25, 0.3) is 0 Å². The first kappa shape index (κ1) is 12.3. The van der Waals surface area contributed by atoms with Gasteiger partial charge in [-0.1, -0.05) is 28.2 Å². The Bertz CT molecular complexity index is 344. The summed E-state index contributed by atoms with van der Waals surface area (Å²) in [5.74, 6) is 0.795. The van der Waals surface area contributed by atoms with Crippen molar-refractivity contribution in [3.63, 3.8) is 0 Å². The predicted molar refractivity (Wildman–Crippen MR) is 79.1 cm³/mol. The second kappa shape index (κ2) is 5.47. The quantitative estimate of drug-likeness (QED) is 0.731. The standard InChI is InChI=1S/C10H17NP4/c1-7-4-5-8-3-2-6-11-9(8)10(7)15(13)14-12/h2-3,6-7,10,14H,4-5,12-13H2,1H3/t7-,10-,15?/m0/s1. The topological polar surface area (TPSA) is 12.9 Å². The Kier molecular flexibility index (Phi) is 4.50. The van der Waals surface area contributed by atoms with E-state index in [-0.39, 0.29) is 7.30 Å². The van der Waals surface area contributed by atoms with Crippen molar-refractivity contribution < 1.29 is 0 Å². The van der Waals surface area contributed by atoms with Crippen molar-refractivity contribution in [1.82, 2.24) is 4.98 Å². The summed E-state index contributed by atoms with van der Waals surface area (Å²) in [5, 5.41) is 0. The molecule has 0 bridgehead atoms. The molecular weight excluding hydrogens is 258 g/mol. The molecule has 5 heteroatoms. The van der Waals surface area contributed by atoms with Crippen molar-refractivity contribution in [3.05, 3.63) is 29.6 Å². The van der Waals surface area contributed by atoms with Crippen molar-refractivity contribution in [2.75, 3.05) is 0 Å². The molecule has 2 rings (SSSR count). The fourth-order valence-corrected chi connectivity index (χ4v) is 7.94. The third kappa shape index (κ3) is 2.58. The summed E-state index contributed by atoms with van der Waals surface area (Å²) < 4.78 is 0. The number of nitrogens with zero attached hydrogens (tertiary/aromatic N) is 1. The Hall–Kier alpha value is 0.870. The molecule has 0 N–H and O–H groups in total. The number of rotatable bonds is 2. The zero-order valence-corrected chi connectivity index (χ0v) is 13.1. The van der Waals surface area contributed by atoms with Crippen LogP contribution in [0.5, 0.6) is 0 Å². The predicted octanol–water partition coefficient (Wildman–Crippen LogP) is 4.36. The van der Waals surface area contributed by atoms with Crippen LogP contribution in [0, 0.1) is 5.92 Å². The Morgan fingerprint density at radius 1 is 1.60 bits per heavy atom. The fraction of sp³-hybridized carbons (Fsp3) is 0.500. The average Bonchev–Trinajstić information content (AvgIpc) is 2.28. The Morgan fingerprint density at radius 2 is 2.40 bits per heavy atom. The van der Waals surface area contributed by atoms with E-state index in [1.54, 1.807) is 0 Å². The van der Waals surface area contributed by atoms with Crippen LogP contribution in [0.1, 0.15) is 30.3 Å².